The fourth-order valence-corrected chi connectivity index (χ4v) is 2.02. The molecule has 2 aromatic carbocycles. The number of methoxy groups -OCH3 is 1. The molecule has 0 fully saturated rings. The summed E-state index contributed by atoms with van der Waals surface area (Å²) in [7, 11) is 1.69. The topological polar surface area (TPSA) is 21.3 Å². The predicted molar refractivity (Wildman–Crippen MR) is 75.6 cm³/mol. The highest BCUT2D eigenvalue weighted by Crippen LogP contribution is 2.17. The van der Waals surface area contributed by atoms with Crippen LogP contribution in [0.3, 0.4) is 0 Å². The monoisotopic (exact) mass is 259 g/mol. The van der Waals surface area contributed by atoms with Crippen molar-refractivity contribution in [2.45, 2.75) is 20.1 Å². The minimum atomic E-state index is -0.204. The molecule has 1 N–H and O–H groups in total. The third kappa shape index (κ3) is 3.80. The van der Waals surface area contributed by atoms with Gasteiger partial charge in [-0.05, 0) is 41.8 Å². The Labute approximate surface area is 113 Å². The fourth-order valence-electron chi connectivity index (χ4n) is 2.02. The summed E-state index contributed by atoms with van der Waals surface area (Å²) >= 11 is 0. The van der Waals surface area contributed by atoms with Crippen LogP contribution in [0.5, 0.6) is 0 Å². The second-order valence-corrected chi connectivity index (χ2v) is 4.57. The SMILES string of the molecule is COCc1cccc(CNc2ccc(F)cc2C)c1. The number of hydrogen-bond donors (Lipinski definition) is 1. The maximum absolute atomic E-state index is 13.0. The van der Waals surface area contributed by atoms with Crippen molar-refractivity contribution in [1.29, 1.82) is 0 Å². The number of aryl methyl sites for hydroxylation is 1. The maximum atomic E-state index is 13.0. The molecule has 100 valence electrons. The molecule has 0 radical (unpaired) electrons. The van der Waals surface area contributed by atoms with Gasteiger partial charge in [0.15, 0.2) is 0 Å². The second kappa shape index (κ2) is 6.34. The molecule has 19 heavy (non-hydrogen) atoms. The molecule has 0 saturated carbocycles. The molecular weight excluding hydrogens is 241 g/mol. The van der Waals surface area contributed by atoms with E-state index in [4.69, 9.17) is 4.74 Å². The number of halogens is 1. The van der Waals surface area contributed by atoms with Crippen molar-refractivity contribution < 1.29 is 9.13 Å². The minimum Gasteiger partial charge on any atom is -0.381 e. The van der Waals surface area contributed by atoms with Crippen molar-refractivity contribution in [2.75, 3.05) is 12.4 Å². The lowest BCUT2D eigenvalue weighted by Crippen LogP contribution is -2.02. The van der Waals surface area contributed by atoms with E-state index in [1.807, 2.05) is 19.1 Å². The highest BCUT2D eigenvalue weighted by molar-refractivity contribution is 5.50. The van der Waals surface area contributed by atoms with E-state index in [0.29, 0.717) is 13.2 Å². The van der Waals surface area contributed by atoms with Crippen LogP contribution < -0.4 is 5.32 Å². The van der Waals surface area contributed by atoms with Gasteiger partial charge in [0, 0.05) is 19.3 Å². The molecule has 0 amide bonds. The third-order valence-corrected chi connectivity index (χ3v) is 2.97. The Morgan fingerprint density at radius 2 is 1.89 bits per heavy atom. The van der Waals surface area contributed by atoms with Crippen LogP contribution in [-0.4, -0.2) is 7.11 Å². The van der Waals surface area contributed by atoms with Gasteiger partial charge in [-0.3, -0.25) is 0 Å². The molecule has 2 nitrogen and oxygen atoms in total. The molecule has 0 aliphatic carbocycles. The van der Waals surface area contributed by atoms with E-state index in [9.17, 15) is 4.39 Å². The first-order valence-corrected chi connectivity index (χ1v) is 6.26. The number of benzene rings is 2. The van der Waals surface area contributed by atoms with E-state index in [2.05, 4.69) is 17.4 Å². The summed E-state index contributed by atoms with van der Waals surface area (Å²) in [6, 6.07) is 13.0. The van der Waals surface area contributed by atoms with Crippen molar-refractivity contribution >= 4 is 5.69 Å². The Morgan fingerprint density at radius 3 is 2.63 bits per heavy atom. The lowest BCUT2D eigenvalue weighted by molar-refractivity contribution is 0.185. The van der Waals surface area contributed by atoms with E-state index in [1.54, 1.807) is 13.2 Å². The van der Waals surface area contributed by atoms with Crippen LogP contribution >= 0.6 is 0 Å². The molecule has 0 heterocycles. The molecule has 0 bridgehead atoms. The Morgan fingerprint density at radius 1 is 1.11 bits per heavy atom. The van der Waals surface area contributed by atoms with Gasteiger partial charge in [0.1, 0.15) is 5.82 Å². The van der Waals surface area contributed by atoms with Crippen molar-refractivity contribution in [3.63, 3.8) is 0 Å². The Hall–Kier alpha value is -1.87. The molecule has 2 aromatic rings. The molecule has 0 aliphatic rings. The highest BCUT2D eigenvalue weighted by Gasteiger charge is 2.00. The van der Waals surface area contributed by atoms with Gasteiger partial charge in [-0.2, -0.15) is 0 Å². The third-order valence-electron chi connectivity index (χ3n) is 2.97. The molecule has 2 rings (SSSR count). The van der Waals surface area contributed by atoms with Gasteiger partial charge >= 0.3 is 0 Å². The van der Waals surface area contributed by atoms with E-state index in [1.165, 1.54) is 17.7 Å². The van der Waals surface area contributed by atoms with Crippen LogP contribution in [-0.2, 0) is 17.9 Å². The maximum Gasteiger partial charge on any atom is 0.123 e. The van der Waals surface area contributed by atoms with Gasteiger partial charge in [0.05, 0.1) is 6.61 Å². The first-order chi connectivity index (χ1) is 9.19. The number of hydrogen-bond acceptors (Lipinski definition) is 2. The van der Waals surface area contributed by atoms with E-state index in [0.717, 1.165) is 16.8 Å². The smallest absolute Gasteiger partial charge is 0.123 e. The molecule has 0 aromatic heterocycles. The number of anilines is 1. The van der Waals surface area contributed by atoms with Crippen LogP contribution in [0.1, 0.15) is 16.7 Å². The zero-order valence-corrected chi connectivity index (χ0v) is 11.2. The molecule has 0 unspecified atom stereocenters. The molecule has 0 spiro atoms. The van der Waals surface area contributed by atoms with Crippen molar-refractivity contribution in [3.8, 4) is 0 Å². The van der Waals surface area contributed by atoms with Crippen LogP contribution in [0, 0.1) is 12.7 Å². The predicted octanol–water partition coefficient (Wildman–Crippen LogP) is 3.89. The van der Waals surface area contributed by atoms with Crippen molar-refractivity contribution in [3.05, 3.63) is 65.0 Å². The van der Waals surface area contributed by atoms with Crippen molar-refractivity contribution in [1.82, 2.24) is 0 Å². The van der Waals surface area contributed by atoms with Gasteiger partial charge < -0.3 is 10.1 Å². The fraction of sp³-hybridized carbons (Fsp3) is 0.250. The van der Waals surface area contributed by atoms with E-state index in [-0.39, 0.29) is 5.82 Å². The van der Waals surface area contributed by atoms with E-state index < -0.39 is 0 Å². The summed E-state index contributed by atoms with van der Waals surface area (Å²) in [6.07, 6.45) is 0. The average molecular weight is 259 g/mol. The van der Waals surface area contributed by atoms with Crippen LogP contribution in [0.15, 0.2) is 42.5 Å². The standard InChI is InChI=1S/C16H18FNO/c1-12-8-15(17)6-7-16(12)18-10-13-4-3-5-14(9-13)11-19-2/h3-9,18H,10-11H2,1-2H3. The number of ether oxygens (including phenoxy) is 1. The van der Waals surface area contributed by atoms with Crippen LogP contribution in [0.2, 0.25) is 0 Å². The number of nitrogens with one attached hydrogen (secondary N) is 1. The van der Waals surface area contributed by atoms with Crippen LogP contribution in [0.4, 0.5) is 10.1 Å². The molecular formula is C16H18FNO. The summed E-state index contributed by atoms with van der Waals surface area (Å²) in [4.78, 5) is 0. The van der Waals surface area contributed by atoms with Crippen molar-refractivity contribution in [2.24, 2.45) is 0 Å². The van der Waals surface area contributed by atoms with Gasteiger partial charge in [-0.25, -0.2) is 4.39 Å². The average Bonchev–Trinajstić information content (AvgIpc) is 2.38. The quantitative estimate of drug-likeness (QED) is 0.879. The van der Waals surface area contributed by atoms with Crippen LogP contribution in [0.25, 0.3) is 0 Å². The van der Waals surface area contributed by atoms with E-state index >= 15 is 0 Å². The largest absolute Gasteiger partial charge is 0.381 e. The lowest BCUT2D eigenvalue weighted by atomic mass is 10.1. The van der Waals surface area contributed by atoms with Gasteiger partial charge in [-0.1, -0.05) is 24.3 Å². The molecule has 0 saturated heterocycles. The Balaban J connectivity index is 2.03. The number of rotatable bonds is 5. The van der Waals surface area contributed by atoms with Gasteiger partial charge in [0.25, 0.3) is 0 Å². The highest BCUT2D eigenvalue weighted by atomic mass is 19.1. The second-order valence-electron chi connectivity index (χ2n) is 4.57. The first-order valence-electron chi connectivity index (χ1n) is 6.26. The van der Waals surface area contributed by atoms with Gasteiger partial charge in [0.2, 0.25) is 0 Å². The zero-order chi connectivity index (χ0) is 13.7. The minimum absolute atomic E-state index is 0.204. The first kappa shape index (κ1) is 13.6. The summed E-state index contributed by atoms with van der Waals surface area (Å²) in [6.45, 7) is 3.22. The summed E-state index contributed by atoms with van der Waals surface area (Å²) in [5, 5.41) is 3.32. The van der Waals surface area contributed by atoms with Gasteiger partial charge in [-0.15, -0.1) is 0 Å². The molecule has 0 atom stereocenters. The zero-order valence-electron chi connectivity index (χ0n) is 11.2. The summed E-state index contributed by atoms with van der Waals surface area (Å²) < 4.78 is 18.1. The lowest BCUT2D eigenvalue weighted by Gasteiger charge is -2.10. The summed E-state index contributed by atoms with van der Waals surface area (Å²) in [5.74, 6) is -0.204. The normalized spacial score (nSPS) is 10.5. The molecule has 3 heteroatoms. The Kier molecular flexibility index (Phi) is 4.53. The Bertz CT molecular complexity index is 554. The molecule has 0 aliphatic heterocycles. The summed E-state index contributed by atoms with van der Waals surface area (Å²) in [5.41, 5.74) is 4.20.